The average molecular weight is 414 g/mol. The molecule has 0 atom stereocenters. The van der Waals surface area contributed by atoms with Crippen molar-refractivity contribution < 1.29 is 19.0 Å². The highest BCUT2D eigenvalue weighted by atomic mass is 79.9. The van der Waals surface area contributed by atoms with E-state index in [-0.39, 0.29) is 6.61 Å². The van der Waals surface area contributed by atoms with Gasteiger partial charge in [0, 0.05) is 10.0 Å². The van der Waals surface area contributed by atoms with E-state index >= 15 is 0 Å². The van der Waals surface area contributed by atoms with Gasteiger partial charge in [-0.05, 0) is 48.7 Å². The van der Waals surface area contributed by atoms with E-state index in [1.807, 2.05) is 25.1 Å². The zero-order chi connectivity index (χ0) is 17.7. The van der Waals surface area contributed by atoms with Gasteiger partial charge in [0.2, 0.25) is 0 Å². The Bertz CT molecular complexity index is 746. The van der Waals surface area contributed by atoms with Gasteiger partial charge in [-0.25, -0.2) is 4.79 Å². The Balaban J connectivity index is 2.23. The van der Waals surface area contributed by atoms with Crippen molar-refractivity contribution in [3.05, 3.63) is 56.5 Å². The van der Waals surface area contributed by atoms with E-state index in [9.17, 15) is 4.79 Å². The van der Waals surface area contributed by atoms with Crippen molar-refractivity contribution in [3.8, 4) is 11.5 Å². The standard InChI is InChI=1S/C18H18BrClO4/c1-4-12-9-15(20)17(8-11(12)2)23-10-13-14(19)6-5-7-16(13)24-18(21)22-3/h5-9H,4,10H2,1-3H3. The van der Waals surface area contributed by atoms with E-state index in [1.54, 1.807) is 12.1 Å². The van der Waals surface area contributed by atoms with Gasteiger partial charge in [-0.15, -0.1) is 0 Å². The molecule has 0 aromatic heterocycles. The summed E-state index contributed by atoms with van der Waals surface area (Å²) in [6.45, 7) is 4.29. The first kappa shape index (κ1) is 18.6. The molecular formula is C18H18BrClO4. The molecule has 2 rings (SSSR count). The SMILES string of the molecule is CCc1cc(Cl)c(OCc2c(Br)cccc2OC(=O)OC)cc1C. The third-order valence-electron chi connectivity index (χ3n) is 3.58. The number of carbonyl (C=O) groups is 1. The zero-order valence-electron chi connectivity index (χ0n) is 13.7. The summed E-state index contributed by atoms with van der Waals surface area (Å²) in [5.41, 5.74) is 2.99. The molecule has 0 saturated heterocycles. The largest absolute Gasteiger partial charge is 0.513 e. The maximum atomic E-state index is 11.4. The fraction of sp³-hybridized carbons (Fsp3) is 0.278. The molecule has 6 heteroatoms. The molecule has 0 unspecified atom stereocenters. The number of ether oxygens (including phenoxy) is 3. The lowest BCUT2D eigenvalue weighted by molar-refractivity contribution is 0.120. The highest BCUT2D eigenvalue weighted by Crippen LogP contribution is 2.32. The summed E-state index contributed by atoms with van der Waals surface area (Å²) in [7, 11) is 1.26. The average Bonchev–Trinajstić information content (AvgIpc) is 2.56. The minimum Gasteiger partial charge on any atom is -0.487 e. The van der Waals surface area contributed by atoms with Crippen molar-refractivity contribution in [2.75, 3.05) is 7.11 Å². The van der Waals surface area contributed by atoms with E-state index in [1.165, 1.54) is 12.7 Å². The minimum absolute atomic E-state index is 0.193. The van der Waals surface area contributed by atoms with Gasteiger partial charge in [0.25, 0.3) is 0 Å². The van der Waals surface area contributed by atoms with Gasteiger partial charge in [-0.1, -0.05) is 40.5 Å². The van der Waals surface area contributed by atoms with E-state index in [0.717, 1.165) is 16.5 Å². The highest BCUT2D eigenvalue weighted by molar-refractivity contribution is 9.10. The maximum absolute atomic E-state index is 11.4. The lowest BCUT2D eigenvalue weighted by atomic mass is 10.1. The number of methoxy groups -OCH3 is 1. The zero-order valence-corrected chi connectivity index (χ0v) is 16.0. The van der Waals surface area contributed by atoms with Crippen LogP contribution in [0.3, 0.4) is 0 Å². The molecule has 0 spiro atoms. The second kappa shape index (κ2) is 8.40. The van der Waals surface area contributed by atoms with Crippen LogP contribution in [-0.2, 0) is 17.8 Å². The van der Waals surface area contributed by atoms with Crippen LogP contribution in [0.25, 0.3) is 0 Å². The Hall–Kier alpha value is -1.72. The van der Waals surface area contributed by atoms with Crippen LogP contribution in [0.4, 0.5) is 4.79 Å². The first-order valence-corrected chi connectivity index (χ1v) is 8.58. The van der Waals surface area contributed by atoms with Gasteiger partial charge >= 0.3 is 6.16 Å². The molecule has 0 aliphatic heterocycles. The molecule has 0 fully saturated rings. The van der Waals surface area contributed by atoms with Gasteiger partial charge in [0.05, 0.1) is 12.1 Å². The van der Waals surface area contributed by atoms with Crippen molar-refractivity contribution in [2.24, 2.45) is 0 Å². The molecule has 0 amide bonds. The summed E-state index contributed by atoms with van der Waals surface area (Å²) in [6, 6.07) is 9.11. The van der Waals surface area contributed by atoms with Crippen LogP contribution >= 0.6 is 27.5 Å². The number of aryl methyl sites for hydroxylation is 2. The maximum Gasteiger partial charge on any atom is 0.513 e. The normalized spacial score (nSPS) is 10.4. The molecule has 4 nitrogen and oxygen atoms in total. The molecule has 128 valence electrons. The third-order valence-corrected chi connectivity index (χ3v) is 4.62. The molecule has 0 saturated carbocycles. The van der Waals surface area contributed by atoms with E-state index in [4.69, 9.17) is 21.1 Å². The molecule has 0 radical (unpaired) electrons. The summed E-state index contributed by atoms with van der Waals surface area (Å²) in [4.78, 5) is 11.4. The molecule has 24 heavy (non-hydrogen) atoms. The van der Waals surface area contributed by atoms with Crippen LogP contribution in [0.15, 0.2) is 34.8 Å². The Kier molecular flexibility index (Phi) is 6.52. The second-order valence-electron chi connectivity index (χ2n) is 5.12. The van der Waals surface area contributed by atoms with Gasteiger partial charge in [-0.3, -0.25) is 0 Å². The Morgan fingerprint density at radius 1 is 1.25 bits per heavy atom. The van der Waals surface area contributed by atoms with Crippen molar-refractivity contribution in [1.29, 1.82) is 0 Å². The van der Waals surface area contributed by atoms with E-state index in [0.29, 0.717) is 22.1 Å². The fourth-order valence-electron chi connectivity index (χ4n) is 2.24. The minimum atomic E-state index is -0.782. The first-order valence-electron chi connectivity index (χ1n) is 7.41. The fourth-order valence-corrected chi connectivity index (χ4v) is 2.95. The van der Waals surface area contributed by atoms with Crippen LogP contribution in [0.5, 0.6) is 11.5 Å². The summed E-state index contributed by atoms with van der Waals surface area (Å²) in [5.74, 6) is 0.959. The number of benzene rings is 2. The summed E-state index contributed by atoms with van der Waals surface area (Å²) in [5, 5.41) is 0.555. The molecule has 0 bridgehead atoms. The van der Waals surface area contributed by atoms with E-state index in [2.05, 4.69) is 27.6 Å². The second-order valence-corrected chi connectivity index (χ2v) is 6.39. The molecule has 0 heterocycles. The number of carbonyl (C=O) groups excluding carboxylic acids is 1. The van der Waals surface area contributed by atoms with Crippen LogP contribution in [-0.4, -0.2) is 13.3 Å². The van der Waals surface area contributed by atoms with Gasteiger partial charge < -0.3 is 14.2 Å². The van der Waals surface area contributed by atoms with Crippen LogP contribution in [0.1, 0.15) is 23.6 Å². The van der Waals surface area contributed by atoms with Crippen LogP contribution in [0.2, 0.25) is 5.02 Å². The smallest absolute Gasteiger partial charge is 0.487 e. The Labute approximate surface area is 154 Å². The first-order chi connectivity index (χ1) is 11.5. The highest BCUT2D eigenvalue weighted by Gasteiger charge is 2.14. The van der Waals surface area contributed by atoms with Crippen LogP contribution < -0.4 is 9.47 Å². The van der Waals surface area contributed by atoms with E-state index < -0.39 is 6.16 Å². The topological polar surface area (TPSA) is 44.8 Å². The summed E-state index contributed by atoms with van der Waals surface area (Å²) >= 11 is 9.73. The molecular weight excluding hydrogens is 396 g/mol. The van der Waals surface area contributed by atoms with Gasteiger partial charge in [0.15, 0.2) is 0 Å². The number of halogens is 2. The monoisotopic (exact) mass is 412 g/mol. The number of hydrogen-bond donors (Lipinski definition) is 0. The van der Waals surface area contributed by atoms with Gasteiger partial charge in [-0.2, -0.15) is 0 Å². The predicted molar refractivity (Wildman–Crippen MR) is 97.1 cm³/mol. The van der Waals surface area contributed by atoms with Gasteiger partial charge in [0.1, 0.15) is 18.1 Å². The summed E-state index contributed by atoms with van der Waals surface area (Å²) < 4.78 is 16.3. The Morgan fingerprint density at radius 3 is 2.67 bits per heavy atom. The third kappa shape index (κ3) is 4.42. The Morgan fingerprint density at radius 2 is 2.00 bits per heavy atom. The molecule has 2 aromatic carbocycles. The summed E-state index contributed by atoms with van der Waals surface area (Å²) in [6.07, 6.45) is 0.128. The van der Waals surface area contributed by atoms with Crippen molar-refractivity contribution in [3.63, 3.8) is 0 Å². The van der Waals surface area contributed by atoms with Crippen molar-refractivity contribution in [1.82, 2.24) is 0 Å². The lowest BCUT2D eigenvalue weighted by Crippen LogP contribution is -2.10. The number of hydrogen-bond acceptors (Lipinski definition) is 4. The van der Waals surface area contributed by atoms with Crippen molar-refractivity contribution in [2.45, 2.75) is 26.9 Å². The molecule has 0 N–H and O–H groups in total. The predicted octanol–water partition coefficient (Wildman–Crippen LogP) is 5.70. The number of rotatable bonds is 5. The molecule has 2 aromatic rings. The quantitative estimate of drug-likeness (QED) is 0.466. The molecule has 0 aliphatic rings. The molecule has 0 aliphatic carbocycles. The van der Waals surface area contributed by atoms with Crippen LogP contribution in [0, 0.1) is 6.92 Å². The van der Waals surface area contributed by atoms with Crippen molar-refractivity contribution >= 4 is 33.7 Å². The lowest BCUT2D eigenvalue weighted by Gasteiger charge is -2.14.